The van der Waals surface area contributed by atoms with Crippen molar-refractivity contribution in [3.63, 3.8) is 0 Å². The van der Waals surface area contributed by atoms with E-state index in [1.165, 1.54) is 10.5 Å². The highest BCUT2D eigenvalue weighted by Crippen LogP contribution is 2.55. The first-order chi connectivity index (χ1) is 35.1. The largest absolute Gasteiger partial charge is 0.489 e. The lowest BCUT2D eigenvalue weighted by Crippen LogP contribution is -2.74. The SMILES string of the molecule is Cc1ncsc1-c1ccc([C@H](CO)NC(=O)[C@@H]2C[C@@H](O)CN2C(=O)[C@@H](NC(=O)CN2[C@@H]3CC[C@@H]2CN(CCCCc2ccc(C(=O)NC4C(C)(C)C(Oc5ccc(C#N)c(Cl)c5)C4(C)C)cc2)C3)C(C)(C)C)cc1. The second-order valence-corrected chi connectivity index (χ2v) is 24.4. The number of hydrogen-bond acceptors (Lipinski definition) is 12. The van der Waals surface area contributed by atoms with Gasteiger partial charge >= 0.3 is 0 Å². The minimum absolute atomic E-state index is 0.0413. The van der Waals surface area contributed by atoms with Crippen molar-refractivity contribution in [2.45, 2.75) is 142 Å². The van der Waals surface area contributed by atoms with E-state index in [0.717, 1.165) is 67.9 Å². The third-order valence-electron chi connectivity index (χ3n) is 16.0. The van der Waals surface area contributed by atoms with Crippen molar-refractivity contribution in [2.24, 2.45) is 16.2 Å². The van der Waals surface area contributed by atoms with Crippen molar-refractivity contribution >= 4 is 46.6 Å². The fourth-order valence-electron chi connectivity index (χ4n) is 12.3. The van der Waals surface area contributed by atoms with E-state index in [1.54, 1.807) is 35.0 Å². The summed E-state index contributed by atoms with van der Waals surface area (Å²) in [5.74, 6) is -0.674. The highest BCUT2D eigenvalue weighted by Gasteiger charge is 2.64. The number of piperazine rings is 1. The van der Waals surface area contributed by atoms with Gasteiger partial charge in [0.15, 0.2) is 0 Å². The predicted molar refractivity (Wildman–Crippen MR) is 287 cm³/mol. The molecule has 8 rings (SSSR count). The van der Waals surface area contributed by atoms with Crippen LogP contribution < -0.4 is 20.7 Å². The summed E-state index contributed by atoms with van der Waals surface area (Å²) in [4.78, 5) is 67.3. The summed E-state index contributed by atoms with van der Waals surface area (Å²) in [7, 11) is 0. The minimum atomic E-state index is -0.977. The third-order valence-corrected chi connectivity index (χ3v) is 17.3. The summed E-state index contributed by atoms with van der Waals surface area (Å²) in [6.45, 7) is 18.4. The fraction of sp³-hybridized carbons (Fsp3) is 0.544. The Morgan fingerprint density at radius 1 is 0.946 bits per heavy atom. The quantitative estimate of drug-likeness (QED) is 0.0639. The molecule has 1 aromatic heterocycles. The van der Waals surface area contributed by atoms with E-state index >= 15 is 0 Å². The third kappa shape index (κ3) is 11.8. The molecular weight excluding hydrogens is 976 g/mol. The number of unbranched alkanes of at least 4 members (excludes halogenated alkanes) is 1. The number of amides is 4. The Morgan fingerprint density at radius 2 is 1.62 bits per heavy atom. The van der Waals surface area contributed by atoms with Gasteiger partial charge in [0.25, 0.3) is 5.91 Å². The number of thiazole rings is 1. The lowest BCUT2D eigenvalue weighted by atomic mass is 9.49. The lowest BCUT2D eigenvalue weighted by molar-refractivity contribution is -0.164. The van der Waals surface area contributed by atoms with Gasteiger partial charge in [-0.3, -0.25) is 24.1 Å². The van der Waals surface area contributed by atoms with Crippen LogP contribution in [0.15, 0.2) is 72.2 Å². The summed E-state index contributed by atoms with van der Waals surface area (Å²) < 4.78 is 6.39. The van der Waals surface area contributed by atoms with E-state index in [9.17, 15) is 34.7 Å². The van der Waals surface area contributed by atoms with Gasteiger partial charge in [-0.2, -0.15) is 5.26 Å². The molecule has 3 aromatic carbocycles. The van der Waals surface area contributed by atoms with Crippen LogP contribution in [-0.2, 0) is 20.8 Å². The van der Waals surface area contributed by atoms with Crippen LogP contribution in [0.5, 0.6) is 5.75 Å². The highest BCUT2D eigenvalue weighted by molar-refractivity contribution is 7.13. The van der Waals surface area contributed by atoms with E-state index in [4.69, 9.17) is 16.3 Å². The van der Waals surface area contributed by atoms with Crippen molar-refractivity contribution in [1.29, 1.82) is 5.26 Å². The normalized spacial score (nSPS) is 24.1. The highest BCUT2D eigenvalue weighted by atomic mass is 35.5. The van der Waals surface area contributed by atoms with Crippen LogP contribution in [0.25, 0.3) is 10.4 Å². The molecule has 74 heavy (non-hydrogen) atoms. The number of nitrogens with one attached hydrogen (secondary N) is 3. The summed E-state index contributed by atoms with van der Waals surface area (Å²) >= 11 is 7.81. The molecule has 4 fully saturated rings. The molecule has 0 spiro atoms. The predicted octanol–water partition coefficient (Wildman–Crippen LogP) is 7.07. The molecule has 5 N–H and O–H groups in total. The molecule has 1 saturated carbocycles. The van der Waals surface area contributed by atoms with Gasteiger partial charge in [-0.25, -0.2) is 4.98 Å². The second kappa shape index (κ2) is 22.4. The minimum Gasteiger partial charge on any atom is -0.489 e. The molecule has 4 aliphatic rings. The molecule has 6 atom stereocenters. The Labute approximate surface area is 445 Å². The van der Waals surface area contributed by atoms with Gasteiger partial charge in [-0.05, 0) is 91.9 Å². The van der Waals surface area contributed by atoms with E-state index in [0.29, 0.717) is 27.5 Å². The Bertz CT molecular complexity index is 2690. The number of halogens is 1. The molecule has 3 saturated heterocycles. The fourth-order valence-corrected chi connectivity index (χ4v) is 13.3. The number of nitriles is 1. The van der Waals surface area contributed by atoms with Crippen LogP contribution in [0.1, 0.15) is 119 Å². The monoisotopic (exact) mass is 1050 g/mol. The molecule has 15 nitrogen and oxygen atoms in total. The zero-order valence-electron chi connectivity index (χ0n) is 44.0. The first-order valence-corrected chi connectivity index (χ1v) is 27.3. The number of aliphatic hydroxyl groups is 2. The average molecular weight is 1050 g/mol. The number of β-amino-alcohol motifs (C(OH)–C–C–N with tert-alkyl or cyclic N) is 1. The van der Waals surface area contributed by atoms with Crippen molar-refractivity contribution in [1.82, 2.24) is 35.6 Å². The van der Waals surface area contributed by atoms with Crippen LogP contribution in [0, 0.1) is 34.5 Å². The molecule has 3 aliphatic heterocycles. The van der Waals surface area contributed by atoms with Crippen LogP contribution >= 0.6 is 22.9 Å². The molecule has 4 amide bonds. The molecule has 396 valence electrons. The number of ether oxygens (including phenoxy) is 1. The average Bonchev–Trinajstić information content (AvgIpc) is 4.05. The van der Waals surface area contributed by atoms with Crippen LogP contribution in [0.2, 0.25) is 5.02 Å². The maximum Gasteiger partial charge on any atom is 0.251 e. The lowest BCUT2D eigenvalue weighted by Gasteiger charge is -2.63. The van der Waals surface area contributed by atoms with Crippen molar-refractivity contribution < 1.29 is 34.1 Å². The molecule has 17 heteroatoms. The topological polar surface area (TPSA) is 200 Å². The van der Waals surface area contributed by atoms with E-state index < -0.39 is 41.5 Å². The number of likely N-dealkylation sites (tertiary alicyclic amines) is 2. The molecule has 0 unspecified atom stereocenters. The number of aliphatic hydroxyl groups excluding tert-OH is 2. The van der Waals surface area contributed by atoms with Crippen molar-refractivity contribution in [3.05, 3.63) is 105 Å². The van der Waals surface area contributed by atoms with Gasteiger partial charge in [0, 0.05) is 66.6 Å². The van der Waals surface area contributed by atoms with E-state index in [-0.39, 0.29) is 73.0 Å². The van der Waals surface area contributed by atoms with Crippen molar-refractivity contribution in [3.8, 4) is 22.3 Å². The number of rotatable bonds is 18. The molecule has 1 aliphatic carbocycles. The van der Waals surface area contributed by atoms with Gasteiger partial charge in [-0.15, -0.1) is 11.3 Å². The first-order valence-electron chi connectivity index (χ1n) is 26.0. The number of hydrogen-bond donors (Lipinski definition) is 5. The second-order valence-electron chi connectivity index (χ2n) is 23.2. The molecule has 4 heterocycles. The molecule has 0 radical (unpaired) electrons. The number of fused-ring (bicyclic) bond motifs is 2. The summed E-state index contributed by atoms with van der Waals surface area (Å²) in [5, 5.41) is 40.0. The molecular formula is C57H73ClN8O7S. The zero-order valence-corrected chi connectivity index (χ0v) is 45.6. The maximum absolute atomic E-state index is 14.4. The number of benzene rings is 3. The van der Waals surface area contributed by atoms with Crippen LogP contribution in [0.4, 0.5) is 0 Å². The maximum atomic E-state index is 14.4. The number of aryl methyl sites for hydroxylation is 2. The summed E-state index contributed by atoms with van der Waals surface area (Å²) in [6, 6.07) is 20.3. The smallest absolute Gasteiger partial charge is 0.251 e. The number of aromatic nitrogens is 1. The Kier molecular flexibility index (Phi) is 16.6. The first kappa shape index (κ1) is 54.8. The van der Waals surface area contributed by atoms with E-state index in [1.807, 2.05) is 76.2 Å². The van der Waals surface area contributed by atoms with Gasteiger partial charge in [0.1, 0.15) is 30.0 Å². The van der Waals surface area contributed by atoms with Gasteiger partial charge in [0.2, 0.25) is 17.7 Å². The zero-order chi connectivity index (χ0) is 53.3. The number of nitrogens with zero attached hydrogens (tertiary/aromatic N) is 5. The summed E-state index contributed by atoms with van der Waals surface area (Å²) in [6.07, 6.45) is 3.86. The number of carbonyl (C=O) groups excluding carboxylic acids is 4. The van der Waals surface area contributed by atoms with Crippen LogP contribution in [-0.4, -0.2) is 135 Å². The van der Waals surface area contributed by atoms with Crippen molar-refractivity contribution in [2.75, 3.05) is 39.3 Å². The number of carbonyl (C=O) groups is 4. The Balaban J connectivity index is 0.779. The molecule has 2 bridgehead atoms. The van der Waals surface area contributed by atoms with Gasteiger partial charge < -0.3 is 40.7 Å². The van der Waals surface area contributed by atoms with Crippen LogP contribution in [0.3, 0.4) is 0 Å². The molecule has 4 aromatic rings. The Morgan fingerprint density at radius 3 is 2.22 bits per heavy atom. The Hall–Kier alpha value is -5.41. The van der Waals surface area contributed by atoms with Gasteiger partial charge in [0.05, 0.1) is 52.0 Å². The summed E-state index contributed by atoms with van der Waals surface area (Å²) in [5.41, 5.74) is 5.17. The van der Waals surface area contributed by atoms with E-state index in [2.05, 4.69) is 64.5 Å². The standard InChI is InChI=1S/C57H73ClN8O7S/c1-34-48(74-33-60-34)37-18-16-36(17-19-37)45(32-67)61-51(71)46-25-42(68)30-66(46)52(72)49(55(2,3)4)62-47(69)31-65-40-21-22-41(65)29-64(28-40)24-10-9-11-35-12-14-38(15-13-35)50(70)63-53-56(5,6)54(57(53,7)8)73-43-23-20-39(27-59)44(58)26-43/h12-20,23,26,33,40-42,45-46,49,53-54,67-68H,9-11,21-22,24-25,28-32H2,1-8H3,(H,61,71)(H,62,69)(H,63,70)/t40-,41-,42-,45+,46+,49-,53?,54?/m1/s1. The van der Waals surface area contributed by atoms with Gasteiger partial charge in [-0.1, -0.05) is 96.5 Å².